The number of aliphatic hydroxyl groups is 1. The van der Waals surface area contributed by atoms with Crippen LogP contribution in [0.4, 0.5) is 0 Å². The largest absolute Gasteiger partial charge is 0.497 e. The molecule has 0 heterocycles. The predicted octanol–water partition coefficient (Wildman–Crippen LogP) is 4.27. The molecule has 0 bridgehead atoms. The number of ether oxygens (including phenoxy) is 2. The minimum Gasteiger partial charge on any atom is -0.497 e. The van der Waals surface area contributed by atoms with Crippen molar-refractivity contribution in [1.29, 1.82) is 0 Å². The van der Waals surface area contributed by atoms with E-state index in [-0.39, 0.29) is 5.92 Å². The zero-order valence-corrected chi connectivity index (χ0v) is 13.7. The minimum atomic E-state index is -0.435. The molecular weight excluding hydrogens is 276 g/mol. The summed E-state index contributed by atoms with van der Waals surface area (Å²) in [5, 5.41) is 10.2. The van der Waals surface area contributed by atoms with Crippen LogP contribution in [-0.2, 0) is 6.61 Å². The Kier molecular flexibility index (Phi) is 5.45. The van der Waals surface area contributed by atoms with E-state index in [0.717, 1.165) is 28.2 Å². The van der Waals surface area contributed by atoms with Crippen LogP contribution in [-0.4, -0.2) is 12.2 Å². The van der Waals surface area contributed by atoms with Gasteiger partial charge in [-0.1, -0.05) is 32.0 Å². The number of rotatable bonds is 6. The van der Waals surface area contributed by atoms with Gasteiger partial charge in [-0.3, -0.25) is 0 Å². The normalized spacial score (nSPS) is 12.3. The van der Waals surface area contributed by atoms with Gasteiger partial charge in [0.15, 0.2) is 0 Å². The molecule has 3 nitrogen and oxygen atoms in total. The highest BCUT2D eigenvalue weighted by Gasteiger charge is 2.14. The second-order valence-electron chi connectivity index (χ2n) is 5.84. The molecule has 1 N–H and O–H groups in total. The van der Waals surface area contributed by atoms with Crippen molar-refractivity contribution in [1.82, 2.24) is 0 Å². The Labute approximate surface area is 132 Å². The molecule has 2 rings (SSSR count). The van der Waals surface area contributed by atoms with Gasteiger partial charge >= 0.3 is 0 Å². The molecule has 0 amide bonds. The summed E-state index contributed by atoms with van der Waals surface area (Å²) in [7, 11) is 1.65. The number of hydrogen-bond donors (Lipinski definition) is 1. The van der Waals surface area contributed by atoms with Crippen LogP contribution in [0.25, 0.3) is 0 Å². The van der Waals surface area contributed by atoms with E-state index in [1.165, 1.54) is 0 Å². The van der Waals surface area contributed by atoms with Gasteiger partial charge in [-0.15, -0.1) is 0 Å². The molecule has 0 fully saturated rings. The van der Waals surface area contributed by atoms with E-state index in [9.17, 15) is 5.11 Å². The van der Waals surface area contributed by atoms with Crippen molar-refractivity contribution in [3.63, 3.8) is 0 Å². The summed E-state index contributed by atoms with van der Waals surface area (Å²) in [6.07, 6.45) is -0.435. The molecule has 0 saturated carbocycles. The van der Waals surface area contributed by atoms with Gasteiger partial charge in [-0.25, -0.2) is 0 Å². The molecule has 118 valence electrons. The van der Waals surface area contributed by atoms with Crippen molar-refractivity contribution in [2.45, 2.75) is 33.5 Å². The first-order valence-electron chi connectivity index (χ1n) is 7.55. The van der Waals surface area contributed by atoms with Crippen LogP contribution >= 0.6 is 0 Å². The summed E-state index contributed by atoms with van der Waals surface area (Å²) in [6, 6.07) is 13.7. The smallest absolute Gasteiger partial charge is 0.120 e. The molecule has 0 radical (unpaired) electrons. The fourth-order valence-electron chi connectivity index (χ4n) is 2.32. The Bertz CT molecular complexity index is 603. The zero-order valence-electron chi connectivity index (χ0n) is 13.7. The van der Waals surface area contributed by atoms with Crippen molar-refractivity contribution in [3.05, 3.63) is 59.2 Å². The molecule has 0 aromatic heterocycles. The first-order valence-corrected chi connectivity index (χ1v) is 7.55. The Morgan fingerprint density at radius 3 is 2.18 bits per heavy atom. The van der Waals surface area contributed by atoms with Gasteiger partial charge in [0.2, 0.25) is 0 Å². The maximum atomic E-state index is 10.2. The standard InChI is InChI=1S/C19H24O3/c1-13(2)19(20)18-10-9-17(11-14(18)3)22-12-15-5-7-16(21-4)8-6-15/h5-11,13,19-20H,12H2,1-4H3. The second kappa shape index (κ2) is 7.32. The van der Waals surface area contributed by atoms with Gasteiger partial charge in [0.25, 0.3) is 0 Å². The highest BCUT2D eigenvalue weighted by atomic mass is 16.5. The number of hydrogen-bond acceptors (Lipinski definition) is 3. The Hall–Kier alpha value is -2.00. The average molecular weight is 300 g/mol. The Morgan fingerprint density at radius 1 is 1.00 bits per heavy atom. The zero-order chi connectivity index (χ0) is 16.1. The lowest BCUT2D eigenvalue weighted by Gasteiger charge is -2.18. The van der Waals surface area contributed by atoms with Crippen LogP contribution in [0.15, 0.2) is 42.5 Å². The fraction of sp³-hybridized carbons (Fsp3) is 0.368. The van der Waals surface area contributed by atoms with Gasteiger partial charge in [-0.2, -0.15) is 0 Å². The molecule has 22 heavy (non-hydrogen) atoms. The van der Waals surface area contributed by atoms with E-state index in [1.807, 2.05) is 63.2 Å². The lowest BCUT2D eigenvalue weighted by atomic mass is 9.95. The van der Waals surface area contributed by atoms with Crippen molar-refractivity contribution in [2.75, 3.05) is 7.11 Å². The summed E-state index contributed by atoms with van der Waals surface area (Å²) in [5.41, 5.74) is 3.10. The fourth-order valence-corrected chi connectivity index (χ4v) is 2.32. The lowest BCUT2D eigenvalue weighted by Crippen LogP contribution is -2.07. The number of methoxy groups -OCH3 is 1. The van der Waals surface area contributed by atoms with Crippen molar-refractivity contribution >= 4 is 0 Å². The number of aliphatic hydroxyl groups excluding tert-OH is 1. The average Bonchev–Trinajstić information content (AvgIpc) is 2.52. The van der Waals surface area contributed by atoms with Crippen LogP contribution in [0.3, 0.4) is 0 Å². The van der Waals surface area contributed by atoms with Gasteiger partial charge < -0.3 is 14.6 Å². The summed E-state index contributed by atoms with van der Waals surface area (Å²) in [6.45, 7) is 6.53. The molecule has 0 aliphatic rings. The summed E-state index contributed by atoms with van der Waals surface area (Å²) in [4.78, 5) is 0. The van der Waals surface area contributed by atoms with Gasteiger partial charge in [-0.05, 0) is 53.8 Å². The maximum Gasteiger partial charge on any atom is 0.120 e. The monoisotopic (exact) mass is 300 g/mol. The third-order valence-electron chi connectivity index (χ3n) is 3.76. The van der Waals surface area contributed by atoms with Crippen LogP contribution in [0, 0.1) is 12.8 Å². The molecule has 1 atom stereocenters. The molecule has 0 saturated heterocycles. The van der Waals surface area contributed by atoms with Crippen molar-refractivity contribution < 1.29 is 14.6 Å². The van der Waals surface area contributed by atoms with E-state index in [2.05, 4.69) is 0 Å². The quantitative estimate of drug-likeness (QED) is 0.865. The van der Waals surface area contributed by atoms with E-state index in [0.29, 0.717) is 6.61 Å². The maximum absolute atomic E-state index is 10.2. The molecule has 0 aliphatic carbocycles. The lowest BCUT2D eigenvalue weighted by molar-refractivity contribution is 0.126. The number of aryl methyl sites for hydroxylation is 1. The van der Waals surface area contributed by atoms with Crippen molar-refractivity contribution in [3.8, 4) is 11.5 Å². The number of benzene rings is 2. The first-order chi connectivity index (χ1) is 10.5. The van der Waals surface area contributed by atoms with Crippen LogP contribution < -0.4 is 9.47 Å². The highest BCUT2D eigenvalue weighted by molar-refractivity contribution is 5.36. The van der Waals surface area contributed by atoms with E-state index in [1.54, 1.807) is 7.11 Å². The van der Waals surface area contributed by atoms with Crippen molar-refractivity contribution in [2.24, 2.45) is 5.92 Å². The third-order valence-corrected chi connectivity index (χ3v) is 3.76. The van der Waals surface area contributed by atoms with E-state index >= 15 is 0 Å². The van der Waals surface area contributed by atoms with Crippen LogP contribution in [0.2, 0.25) is 0 Å². The summed E-state index contributed by atoms with van der Waals surface area (Å²) >= 11 is 0. The first kappa shape index (κ1) is 16.4. The minimum absolute atomic E-state index is 0.199. The Balaban J connectivity index is 2.02. The van der Waals surface area contributed by atoms with Gasteiger partial charge in [0.05, 0.1) is 13.2 Å². The highest BCUT2D eigenvalue weighted by Crippen LogP contribution is 2.27. The van der Waals surface area contributed by atoms with Gasteiger partial charge in [0.1, 0.15) is 18.1 Å². The molecule has 3 heteroatoms. The molecule has 2 aromatic carbocycles. The van der Waals surface area contributed by atoms with Crippen LogP contribution in [0.5, 0.6) is 11.5 Å². The third kappa shape index (κ3) is 4.01. The molecule has 0 aliphatic heterocycles. The SMILES string of the molecule is COc1ccc(COc2ccc(C(O)C(C)C)c(C)c2)cc1. The second-order valence-corrected chi connectivity index (χ2v) is 5.84. The molecular formula is C19H24O3. The predicted molar refractivity (Wildman–Crippen MR) is 88.3 cm³/mol. The van der Waals surface area contributed by atoms with Gasteiger partial charge in [0, 0.05) is 0 Å². The molecule has 0 spiro atoms. The summed E-state index contributed by atoms with van der Waals surface area (Å²) in [5.74, 6) is 1.85. The molecule has 2 aromatic rings. The topological polar surface area (TPSA) is 38.7 Å². The molecule has 1 unspecified atom stereocenters. The van der Waals surface area contributed by atoms with Crippen LogP contribution in [0.1, 0.15) is 36.6 Å². The Morgan fingerprint density at radius 2 is 1.64 bits per heavy atom. The van der Waals surface area contributed by atoms with E-state index in [4.69, 9.17) is 9.47 Å². The van der Waals surface area contributed by atoms with E-state index < -0.39 is 6.10 Å². The summed E-state index contributed by atoms with van der Waals surface area (Å²) < 4.78 is 11.0.